The summed E-state index contributed by atoms with van der Waals surface area (Å²) in [7, 11) is 0. The summed E-state index contributed by atoms with van der Waals surface area (Å²) < 4.78 is 5.61. The Morgan fingerprint density at radius 2 is 1.43 bits per heavy atom. The van der Waals surface area contributed by atoms with Crippen molar-refractivity contribution in [2.45, 2.75) is 78.1 Å². The van der Waals surface area contributed by atoms with Gasteiger partial charge < -0.3 is 4.74 Å². The first-order chi connectivity index (χ1) is 10.3. The molecular weight excluding hydrogens is 256 g/mol. The largest absolute Gasteiger partial charge is 0.381 e. The zero-order valence-corrected chi connectivity index (χ0v) is 14.4. The number of rotatable bonds is 7. The van der Waals surface area contributed by atoms with Crippen molar-refractivity contribution in [3.63, 3.8) is 0 Å². The highest BCUT2D eigenvalue weighted by molar-refractivity contribution is 4.84. The van der Waals surface area contributed by atoms with E-state index in [1.807, 2.05) is 0 Å². The lowest BCUT2D eigenvalue weighted by atomic mass is 9.69. The topological polar surface area (TPSA) is 9.23 Å². The Morgan fingerprint density at radius 1 is 0.857 bits per heavy atom. The minimum absolute atomic E-state index is 0.860. The molecule has 0 heterocycles. The zero-order valence-electron chi connectivity index (χ0n) is 14.4. The van der Waals surface area contributed by atoms with Gasteiger partial charge in [0.1, 0.15) is 0 Å². The fourth-order valence-electron chi connectivity index (χ4n) is 4.56. The third-order valence-electron chi connectivity index (χ3n) is 5.98. The molecule has 0 N–H and O–H groups in total. The summed E-state index contributed by atoms with van der Waals surface area (Å²) >= 11 is 0. The van der Waals surface area contributed by atoms with Gasteiger partial charge in [0.05, 0.1) is 0 Å². The summed E-state index contributed by atoms with van der Waals surface area (Å²) in [5.74, 6) is 3.97. The third-order valence-corrected chi connectivity index (χ3v) is 5.98. The van der Waals surface area contributed by atoms with E-state index in [2.05, 4.69) is 26.0 Å². The molecule has 2 fully saturated rings. The highest BCUT2D eigenvalue weighted by Gasteiger charge is 2.30. The third kappa shape index (κ3) is 5.77. The second-order valence-electron chi connectivity index (χ2n) is 7.37. The number of allylic oxidation sites excluding steroid dienone is 2. The smallest absolute Gasteiger partial charge is 0.0494 e. The molecule has 0 amide bonds. The van der Waals surface area contributed by atoms with Gasteiger partial charge in [0.15, 0.2) is 0 Å². The Balaban J connectivity index is 1.62. The van der Waals surface area contributed by atoms with Gasteiger partial charge in [-0.2, -0.15) is 0 Å². The molecule has 2 aliphatic rings. The first-order valence-electron chi connectivity index (χ1n) is 9.52. The van der Waals surface area contributed by atoms with E-state index in [0.29, 0.717) is 0 Å². The van der Waals surface area contributed by atoms with Crippen LogP contribution in [0.1, 0.15) is 78.1 Å². The molecule has 0 aromatic heterocycles. The van der Waals surface area contributed by atoms with Gasteiger partial charge in [-0.25, -0.2) is 0 Å². The Kier molecular flexibility index (Phi) is 7.85. The molecule has 0 aliphatic heterocycles. The summed E-state index contributed by atoms with van der Waals surface area (Å²) in [6.07, 6.45) is 19.1. The molecule has 2 aliphatic carbocycles. The lowest BCUT2D eigenvalue weighted by Gasteiger charge is -2.37. The fraction of sp³-hybridized carbons (Fsp3) is 0.900. The summed E-state index contributed by atoms with van der Waals surface area (Å²) in [5.41, 5.74) is 0. The van der Waals surface area contributed by atoms with Gasteiger partial charge in [0, 0.05) is 13.2 Å². The molecule has 0 aromatic rings. The van der Waals surface area contributed by atoms with Gasteiger partial charge in [-0.15, -0.1) is 0 Å². The first kappa shape index (κ1) is 17.1. The monoisotopic (exact) mass is 292 g/mol. The molecular formula is C20H36O. The van der Waals surface area contributed by atoms with Crippen LogP contribution in [0, 0.1) is 23.7 Å². The molecule has 21 heavy (non-hydrogen) atoms. The van der Waals surface area contributed by atoms with Crippen LogP contribution in [0.5, 0.6) is 0 Å². The van der Waals surface area contributed by atoms with Crippen LogP contribution in [0.2, 0.25) is 0 Å². The van der Waals surface area contributed by atoms with E-state index in [9.17, 15) is 0 Å². The van der Waals surface area contributed by atoms with Gasteiger partial charge >= 0.3 is 0 Å². The van der Waals surface area contributed by atoms with Gasteiger partial charge in [0.25, 0.3) is 0 Å². The Hall–Kier alpha value is -0.300. The quantitative estimate of drug-likeness (QED) is 0.523. The van der Waals surface area contributed by atoms with Crippen LogP contribution >= 0.6 is 0 Å². The Morgan fingerprint density at radius 3 is 1.95 bits per heavy atom. The lowest BCUT2D eigenvalue weighted by molar-refractivity contribution is 0.0711. The summed E-state index contributed by atoms with van der Waals surface area (Å²) in [5, 5.41) is 0. The van der Waals surface area contributed by atoms with E-state index < -0.39 is 0 Å². The molecule has 2 rings (SSSR count). The molecule has 1 heteroatoms. The lowest BCUT2D eigenvalue weighted by Crippen LogP contribution is -2.27. The van der Waals surface area contributed by atoms with E-state index >= 15 is 0 Å². The minimum atomic E-state index is 0.860. The van der Waals surface area contributed by atoms with E-state index in [0.717, 1.165) is 36.9 Å². The molecule has 0 spiro atoms. The number of ether oxygens (including phenoxy) is 1. The summed E-state index contributed by atoms with van der Waals surface area (Å²) in [6.45, 7) is 6.15. The molecule has 0 unspecified atom stereocenters. The maximum absolute atomic E-state index is 5.61. The Labute approximate surface area is 132 Å². The van der Waals surface area contributed by atoms with E-state index in [1.54, 1.807) is 0 Å². The van der Waals surface area contributed by atoms with Crippen molar-refractivity contribution >= 4 is 0 Å². The molecule has 2 saturated carbocycles. The van der Waals surface area contributed by atoms with Crippen molar-refractivity contribution in [2.75, 3.05) is 13.2 Å². The molecule has 0 radical (unpaired) electrons. The van der Waals surface area contributed by atoms with E-state index in [4.69, 9.17) is 4.74 Å². The molecule has 0 bridgehead atoms. The molecule has 0 atom stereocenters. The van der Waals surface area contributed by atoms with Crippen molar-refractivity contribution in [1.82, 2.24) is 0 Å². The summed E-state index contributed by atoms with van der Waals surface area (Å²) in [4.78, 5) is 0. The number of hydrogen-bond acceptors (Lipinski definition) is 1. The maximum atomic E-state index is 5.61. The molecule has 1 nitrogen and oxygen atoms in total. The van der Waals surface area contributed by atoms with Crippen molar-refractivity contribution < 1.29 is 4.74 Å². The predicted molar refractivity (Wildman–Crippen MR) is 91.4 cm³/mol. The van der Waals surface area contributed by atoms with Crippen molar-refractivity contribution in [3.05, 3.63) is 12.2 Å². The van der Waals surface area contributed by atoms with Crippen LogP contribution in [0.15, 0.2) is 12.2 Å². The maximum Gasteiger partial charge on any atom is 0.0494 e. The van der Waals surface area contributed by atoms with Gasteiger partial charge in [-0.1, -0.05) is 25.0 Å². The molecule has 0 saturated heterocycles. The van der Waals surface area contributed by atoms with Crippen molar-refractivity contribution in [3.8, 4) is 0 Å². The van der Waals surface area contributed by atoms with Crippen molar-refractivity contribution in [2.24, 2.45) is 23.7 Å². The second kappa shape index (κ2) is 9.66. The minimum Gasteiger partial charge on any atom is -0.381 e. The highest BCUT2D eigenvalue weighted by Crippen LogP contribution is 2.42. The van der Waals surface area contributed by atoms with Gasteiger partial charge in [-0.3, -0.25) is 0 Å². The molecule has 0 aromatic carbocycles. The zero-order chi connectivity index (χ0) is 14.9. The van der Waals surface area contributed by atoms with Crippen LogP contribution < -0.4 is 0 Å². The van der Waals surface area contributed by atoms with Gasteiger partial charge in [-0.05, 0) is 88.9 Å². The average Bonchev–Trinajstić information content (AvgIpc) is 2.54. The predicted octanol–water partition coefficient (Wildman–Crippen LogP) is 5.99. The normalized spacial score (nSPS) is 34.4. The Bertz CT molecular complexity index is 280. The summed E-state index contributed by atoms with van der Waals surface area (Å²) in [6, 6.07) is 0. The van der Waals surface area contributed by atoms with Crippen LogP contribution in [-0.2, 0) is 4.74 Å². The number of hydrogen-bond donors (Lipinski definition) is 0. The van der Waals surface area contributed by atoms with Crippen LogP contribution in [0.3, 0.4) is 0 Å². The van der Waals surface area contributed by atoms with Crippen LogP contribution in [-0.4, -0.2) is 13.2 Å². The molecule has 122 valence electrons. The standard InChI is InChI=1S/C20H36O/c1-3-5-6-7-17-8-12-19(13-9-17)20-14-10-18(11-15-20)16-21-4-2/h3,5,17-20H,4,6-16H2,1-2H3/b5-3+/t17-,18?,19-,20?. The van der Waals surface area contributed by atoms with Crippen LogP contribution in [0.4, 0.5) is 0 Å². The average molecular weight is 293 g/mol. The van der Waals surface area contributed by atoms with Gasteiger partial charge in [0.2, 0.25) is 0 Å². The first-order valence-corrected chi connectivity index (χ1v) is 9.52. The van der Waals surface area contributed by atoms with Crippen LogP contribution in [0.25, 0.3) is 0 Å². The van der Waals surface area contributed by atoms with E-state index in [-0.39, 0.29) is 0 Å². The fourth-order valence-corrected chi connectivity index (χ4v) is 4.56. The SMILES string of the molecule is C/C=C/CC[C@H]1CC[C@H](C2CCC(COCC)CC2)CC1. The second-order valence-corrected chi connectivity index (χ2v) is 7.37. The van der Waals surface area contributed by atoms with Crippen molar-refractivity contribution in [1.29, 1.82) is 0 Å². The van der Waals surface area contributed by atoms with E-state index in [1.165, 1.54) is 64.2 Å². The highest BCUT2D eigenvalue weighted by atomic mass is 16.5.